The zero-order valence-electron chi connectivity index (χ0n) is 16.9. The van der Waals surface area contributed by atoms with Crippen LogP contribution in [-0.4, -0.2) is 29.0 Å². The van der Waals surface area contributed by atoms with Crippen LogP contribution in [0.5, 0.6) is 0 Å². The number of carbonyl (C=O) groups is 1. The lowest BCUT2D eigenvalue weighted by Crippen LogP contribution is -2.35. The molecule has 1 atom stereocenters. The molecule has 0 saturated carbocycles. The molecular weight excluding hydrogens is 369 g/mol. The summed E-state index contributed by atoms with van der Waals surface area (Å²) >= 11 is 0. The Bertz CT molecular complexity index is 1140. The third-order valence-corrected chi connectivity index (χ3v) is 6.77. The summed E-state index contributed by atoms with van der Waals surface area (Å²) in [6.07, 6.45) is 2.35. The molecule has 1 fully saturated rings. The molecule has 0 unspecified atom stereocenters. The summed E-state index contributed by atoms with van der Waals surface area (Å²) in [6.45, 7) is 3.64. The van der Waals surface area contributed by atoms with Gasteiger partial charge in [-0.1, -0.05) is 24.3 Å². The van der Waals surface area contributed by atoms with E-state index in [1.807, 2.05) is 11.6 Å². The third-order valence-electron chi connectivity index (χ3n) is 6.77. The monoisotopic (exact) mass is 393 g/mol. The molecule has 2 aliphatic rings. The van der Waals surface area contributed by atoms with Gasteiger partial charge in [-0.15, -0.1) is 0 Å². The molecular formula is C23H24FN3O2. The van der Waals surface area contributed by atoms with Crippen LogP contribution in [0.25, 0.3) is 22.2 Å². The Labute approximate surface area is 169 Å². The molecule has 6 heteroatoms. The van der Waals surface area contributed by atoms with Gasteiger partial charge in [0.2, 0.25) is 0 Å². The molecule has 5 nitrogen and oxygen atoms in total. The first-order chi connectivity index (χ1) is 13.9. The highest BCUT2D eigenvalue weighted by molar-refractivity contribution is 6.09. The Morgan fingerprint density at radius 2 is 1.93 bits per heavy atom. The Kier molecular flexibility index (Phi) is 4.05. The van der Waals surface area contributed by atoms with Gasteiger partial charge >= 0.3 is 0 Å². The van der Waals surface area contributed by atoms with Gasteiger partial charge in [0, 0.05) is 23.5 Å². The highest BCUT2D eigenvalue weighted by Crippen LogP contribution is 2.40. The van der Waals surface area contributed by atoms with E-state index in [9.17, 15) is 9.18 Å². The third kappa shape index (κ3) is 2.63. The van der Waals surface area contributed by atoms with Crippen molar-refractivity contribution in [2.75, 3.05) is 13.6 Å². The number of benzene rings is 2. The molecule has 1 amide bonds. The molecule has 1 saturated heterocycles. The number of carbonyl (C=O) groups excluding carboxylic acids is 1. The van der Waals surface area contributed by atoms with Crippen molar-refractivity contribution >= 4 is 16.8 Å². The molecule has 1 N–H and O–H groups in total. The van der Waals surface area contributed by atoms with Crippen molar-refractivity contribution in [3.05, 3.63) is 58.9 Å². The second-order valence-electron chi connectivity index (χ2n) is 8.33. The molecule has 0 bridgehead atoms. The van der Waals surface area contributed by atoms with Crippen molar-refractivity contribution in [3.63, 3.8) is 0 Å². The number of likely N-dealkylation sites (tertiary alicyclic amines) is 1. The van der Waals surface area contributed by atoms with Crippen molar-refractivity contribution in [1.82, 2.24) is 14.9 Å². The van der Waals surface area contributed by atoms with Crippen molar-refractivity contribution in [1.29, 1.82) is 0 Å². The summed E-state index contributed by atoms with van der Waals surface area (Å²) in [4.78, 5) is 20.1. The highest BCUT2D eigenvalue weighted by Gasteiger charge is 2.35. The summed E-state index contributed by atoms with van der Waals surface area (Å²) in [7, 11) is 4.08. The van der Waals surface area contributed by atoms with Gasteiger partial charge in [0.05, 0.1) is 16.8 Å². The second kappa shape index (κ2) is 6.40. The molecule has 150 valence electrons. The van der Waals surface area contributed by atoms with E-state index in [0.29, 0.717) is 11.1 Å². The maximum Gasteiger partial charge on any atom is 0.275 e. The standard InChI is InChI=1S/C23H24FN3O2/c1-23(9-4-10-26(23)2)15-7-5-14(6-8-15)21-18-13-29-25-22(28)17-11-16(24)12-19(20(17)18)27(21)3/h5-8,11-12H,4,9-10,13H2,1-3H3,(H,25,28)/t23-/m1/s1. The van der Waals surface area contributed by atoms with Crippen LogP contribution >= 0.6 is 0 Å². The average Bonchev–Trinajstić information content (AvgIpc) is 3.12. The first-order valence-electron chi connectivity index (χ1n) is 9.95. The number of hydroxylamine groups is 1. The van der Waals surface area contributed by atoms with Crippen LogP contribution in [0.4, 0.5) is 4.39 Å². The molecule has 3 aromatic rings. The Morgan fingerprint density at radius 3 is 2.62 bits per heavy atom. The van der Waals surface area contributed by atoms with Crippen LogP contribution in [0.15, 0.2) is 36.4 Å². The molecule has 29 heavy (non-hydrogen) atoms. The first-order valence-corrected chi connectivity index (χ1v) is 9.95. The van der Waals surface area contributed by atoms with Crippen LogP contribution in [0.3, 0.4) is 0 Å². The maximum atomic E-state index is 14.2. The number of nitrogens with one attached hydrogen (secondary N) is 1. The van der Waals surface area contributed by atoms with E-state index >= 15 is 0 Å². The van der Waals surface area contributed by atoms with Crippen molar-refractivity contribution in [2.24, 2.45) is 7.05 Å². The highest BCUT2D eigenvalue weighted by atomic mass is 19.1. The number of hydrogen-bond acceptors (Lipinski definition) is 3. The topological polar surface area (TPSA) is 46.5 Å². The number of rotatable bonds is 2. The maximum absolute atomic E-state index is 14.2. The van der Waals surface area contributed by atoms with Gasteiger partial charge in [-0.25, -0.2) is 9.87 Å². The summed E-state index contributed by atoms with van der Waals surface area (Å²) in [5.41, 5.74) is 7.62. The zero-order valence-corrected chi connectivity index (χ0v) is 16.9. The van der Waals surface area contributed by atoms with Crippen LogP contribution in [0.1, 0.15) is 41.3 Å². The van der Waals surface area contributed by atoms with Gasteiger partial charge < -0.3 is 4.57 Å². The summed E-state index contributed by atoms with van der Waals surface area (Å²) in [5, 5.41) is 0.755. The number of aromatic nitrogens is 1. The van der Waals surface area contributed by atoms with Crippen molar-refractivity contribution < 1.29 is 14.0 Å². The smallest absolute Gasteiger partial charge is 0.275 e. The summed E-state index contributed by atoms with van der Waals surface area (Å²) in [5.74, 6) is -0.853. The number of nitrogens with zero attached hydrogens (tertiary/aromatic N) is 2. The van der Waals surface area contributed by atoms with Gasteiger partial charge in [-0.3, -0.25) is 14.5 Å². The van der Waals surface area contributed by atoms with Crippen LogP contribution in [0, 0.1) is 5.82 Å². The van der Waals surface area contributed by atoms with E-state index in [1.54, 1.807) is 0 Å². The van der Waals surface area contributed by atoms with Gasteiger partial charge in [0.25, 0.3) is 5.91 Å². The number of hydrogen-bond donors (Lipinski definition) is 1. The Morgan fingerprint density at radius 1 is 1.17 bits per heavy atom. The summed E-state index contributed by atoms with van der Waals surface area (Å²) < 4.78 is 16.2. The Balaban J connectivity index is 1.68. The van der Waals surface area contributed by atoms with Crippen molar-refractivity contribution in [2.45, 2.75) is 31.9 Å². The molecule has 0 spiro atoms. The largest absolute Gasteiger partial charge is 0.343 e. The quantitative estimate of drug-likeness (QED) is 0.713. The van der Waals surface area contributed by atoms with Crippen LogP contribution < -0.4 is 5.48 Å². The fourth-order valence-electron chi connectivity index (χ4n) is 4.98. The van der Waals surface area contributed by atoms with Gasteiger partial charge in [-0.05, 0) is 56.6 Å². The normalized spacial score (nSPS) is 22.1. The molecule has 5 rings (SSSR count). The molecule has 0 aliphatic carbocycles. The van der Waals surface area contributed by atoms with Crippen LogP contribution in [0.2, 0.25) is 0 Å². The minimum Gasteiger partial charge on any atom is -0.343 e. The molecule has 3 heterocycles. The fourth-order valence-corrected chi connectivity index (χ4v) is 4.98. The molecule has 0 radical (unpaired) electrons. The predicted octanol–water partition coefficient (Wildman–Crippen LogP) is 4.10. The fraction of sp³-hybridized carbons (Fsp3) is 0.348. The Hall–Kier alpha value is -2.70. The first kappa shape index (κ1) is 18.3. The van der Waals surface area contributed by atoms with Gasteiger partial charge in [-0.2, -0.15) is 0 Å². The van der Waals surface area contributed by atoms with E-state index in [0.717, 1.165) is 35.2 Å². The minimum atomic E-state index is -0.434. The van der Waals surface area contributed by atoms with Crippen molar-refractivity contribution in [3.8, 4) is 11.3 Å². The average molecular weight is 393 g/mol. The minimum absolute atomic E-state index is 0.0545. The lowest BCUT2D eigenvalue weighted by molar-refractivity contribution is 0.0255. The number of aryl methyl sites for hydroxylation is 1. The lowest BCUT2D eigenvalue weighted by atomic mass is 9.88. The van der Waals surface area contributed by atoms with E-state index in [-0.39, 0.29) is 12.1 Å². The number of halogens is 1. The van der Waals surface area contributed by atoms with Gasteiger partial charge in [0.1, 0.15) is 12.4 Å². The number of amides is 1. The molecule has 1 aromatic heterocycles. The SMILES string of the molecule is CN1CCC[C@]1(C)c1ccc(-c2c3c4c(cc(F)cc4n2C)C(=O)NOC3)cc1. The lowest BCUT2D eigenvalue weighted by Gasteiger charge is -2.33. The van der Waals surface area contributed by atoms with E-state index in [2.05, 4.69) is 48.6 Å². The summed E-state index contributed by atoms with van der Waals surface area (Å²) in [6, 6.07) is 11.4. The van der Waals surface area contributed by atoms with E-state index < -0.39 is 11.7 Å². The van der Waals surface area contributed by atoms with E-state index in [1.165, 1.54) is 24.1 Å². The second-order valence-corrected chi connectivity index (χ2v) is 8.33. The molecule has 2 aliphatic heterocycles. The van der Waals surface area contributed by atoms with Crippen LogP contribution in [-0.2, 0) is 24.0 Å². The molecule has 2 aromatic carbocycles. The van der Waals surface area contributed by atoms with E-state index in [4.69, 9.17) is 4.84 Å². The predicted molar refractivity (Wildman–Crippen MR) is 110 cm³/mol. The zero-order chi connectivity index (χ0) is 20.3. The van der Waals surface area contributed by atoms with Gasteiger partial charge in [0.15, 0.2) is 0 Å².